The van der Waals surface area contributed by atoms with Crippen LogP contribution in [-0.4, -0.2) is 37.2 Å². The second kappa shape index (κ2) is 51.0. The highest BCUT2D eigenvalue weighted by Crippen LogP contribution is 2.12. The van der Waals surface area contributed by atoms with Crippen molar-refractivity contribution in [3.63, 3.8) is 0 Å². The molecule has 0 radical (unpaired) electrons. The molecule has 0 spiro atoms. The molecule has 0 heterocycles. The molecule has 0 fully saturated rings. The van der Waals surface area contributed by atoms with Crippen molar-refractivity contribution in [1.82, 2.24) is 0 Å². The second-order valence-electron chi connectivity index (χ2n) is 16.8. The normalized spacial score (nSPS) is 12.9. The van der Waals surface area contributed by atoms with Crippen molar-refractivity contribution >= 4 is 17.9 Å². The third-order valence-corrected chi connectivity index (χ3v) is 10.6. The topological polar surface area (TPSA) is 78.9 Å². The summed E-state index contributed by atoms with van der Waals surface area (Å²) in [7, 11) is 0. The predicted molar refractivity (Wildman–Crippen MR) is 270 cm³/mol. The summed E-state index contributed by atoms with van der Waals surface area (Å²) in [5, 5.41) is 0. The molecule has 0 aromatic carbocycles. The highest BCUT2D eigenvalue weighted by Gasteiger charge is 2.19. The molecule has 0 aromatic heterocycles. The van der Waals surface area contributed by atoms with Gasteiger partial charge in [0.15, 0.2) is 6.10 Å². The van der Waals surface area contributed by atoms with Crippen molar-refractivity contribution in [1.29, 1.82) is 0 Å². The van der Waals surface area contributed by atoms with Crippen LogP contribution in [0.25, 0.3) is 0 Å². The summed E-state index contributed by atoms with van der Waals surface area (Å²) >= 11 is 0. The molecule has 0 aliphatic rings. The minimum absolute atomic E-state index is 0.113. The molecule has 0 aromatic rings. The molecule has 0 amide bonds. The standard InChI is InChI=1S/C57H94O6/c1-4-7-10-13-16-19-22-24-26-28-30-31-33-35-38-41-44-47-50-56(59)62-53-54(52-61-55(58)49-46-43-40-37-21-18-15-12-9-6-3)63-57(60)51-48-45-42-39-36-34-32-29-27-25-23-20-17-14-11-8-5-2/h15-16,18-19,22,24-28,30-32,34,39,42,54H,4-14,17,20-21,23,29,33,35-38,40-41,43-53H2,1-3H3/b18-15-,19-16-,24-22-,27-25-,28-26-,31-30-,34-32-,42-39-. The van der Waals surface area contributed by atoms with E-state index in [4.69, 9.17) is 14.2 Å². The van der Waals surface area contributed by atoms with Crippen LogP contribution < -0.4 is 0 Å². The molecule has 1 atom stereocenters. The van der Waals surface area contributed by atoms with Gasteiger partial charge in [0.2, 0.25) is 0 Å². The van der Waals surface area contributed by atoms with Gasteiger partial charge in [-0.15, -0.1) is 0 Å². The number of hydrogen-bond acceptors (Lipinski definition) is 6. The average molecular weight is 875 g/mol. The summed E-state index contributed by atoms with van der Waals surface area (Å²) in [4.78, 5) is 37.9. The Morgan fingerprint density at radius 1 is 0.333 bits per heavy atom. The molecule has 358 valence electrons. The van der Waals surface area contributed by atoms with E-state index >= 15 is 0 Å². The van der Waals surface area contributed by atoms with Crippen molar-refractivity contribution < 1.29 is 28.6 Å². The van der Waals surface area contributed by atoms with Crippen molar-refractivity contribution in [2.24, 2.45) is 0 Å². The Hall–Kier alpha value is -3.67. The van der Waals surface area contributed by atoms with Gasteiger partial charge in [-0.3, -0.25) is 14.4 Å². The minimum atomic E-state index is -0.818. The molecule has 0 N–H and O–H groups in total. The Kier molecular flexibility index (Phi) is 48.0. The zero-order chi connectivity index (χ0) is 45.8. The van der Waals surface area contributed by atoms with Crippen LogP contribution in [0.2, 0.25) is 0 Å². The lowest BCUT2D eigenvalue weighted by Gasteiger charge is -2.18. The molecule has 0 aliphatic heterocycles. The fourth-order valence-electron chi connectivity index (χ4n) is 6.68. The van der Waals surface area contributed by atoms with Gasteiger partial charge in [0.1, 0.15) is 13.2 Å². The van der Waals surface area contributed by atoms with E-state index in [0.29, 0.717) is 19.3 Å². The summed E-state index contributed by atoms with van der Waals surface area (Å²) in [6, 6.07) is 0. The molecule has 0 bridgehead atoms. The maximum absolute atomic E-state index is 12.8. The molecule has 0 saturated carbocycles. The van der Waals surface area contributed by atoms with Gasteiger partial charge >= 0.3 is 17.9 Å². The van der Waals surface area contributed by atoms with Gasteiger partial charge in [-0.2, -0.15) is 0 Å². The van der Waals surface area contributed by atoms with Crippen molar-refractivity contribution in [2.45, 2.75) is 232 Å². The number of rotatable bonds is 45. The van der Waals surface area contributed by atoms with Crippen LogP contribution in [0.1, 0.15) is 226 Å². The average Bonchev–Trinajstić information content (AvgIpc) is 3.28. The van der Waals surface area contributed by atoms with Crippen LogP contribution in [-0.2, 0) is 28.6 Å². The predicted octanol–water partition coefficient (Wildman–Crippen LogP) is 17.0. The number of esters is 3. The smallest absolute Gasteiger partial charge is 0.306 e. The Balaban J connectivity index is 4.51. The van der Waals surface area contributed by atoms with E-state index in [2.05, 4.69) is 118 Å². The van der Waals surface area contributed by atoms with Crippen molar-refractivity contribution in [3.05, 3.63) is 97.2 Å². The lowest BCUT2D eigenvalue weighted by molar-refractivity contribution is -0.167. The van der Waals surface area contributed by atoms with Crippen LogP contribution in [0.15, 0.2) is 97.2 Å². The quantitative estimate of drug-likeness (QED) is 0.0199. The highest BCUT2D eigenvalue weighted by atomic mass is 16.6. The van der Waals surface area contributed by atoms with Gasteiger partial charge in [-0.1, -0.05) is 208 Å². The number of hydrogen-bond donors (Lipinski definition) is 0. The van der Waals surface area contributed by atoms with Gasteiger partial charge in [-0.05, 0) is 96.3 Å². The maximum atomic E-state index is 12.8. The first-order valence-electron chi connectivity index (χ1n) is 25.8. The van der Waals surface area contributed by atoms with Crippen molar-refractivity contribution in [3.8, 4) is 0 Å². The number of unbranched alkanes of at least 4 members (excludes halogenated alkanes) is 21. The molecular weight excluding hydrogens is 781 g/mol. The van der Waals surface area contributed by atoms with Crippen molar-refractivity contribution in [2.75, 3.05) is 13.2 Å². The fourth-order valence-corrected chi connectivity index (χ4v) is 6.68. The first kappa shape index (κ1) is 59.3. The van der Waals surface area contributed by atoms with E-state index in [0.717, 1.165) is 103 Å². The zero-order valence-corrected chi connectivity index (χ0v) is 40.8. The molecule has 6 nitrogen and oxygen atoms in total. The SMILES string of the molecule is CCCC/C=C\CCCCCCC(=O)OCC(COC(=O)CCCCCCC\C=C/C=C\C=C/C=C\CCCCC)OC(=O)CCC/C=C\C/C=C\C/C=C\CCCCCCCC. The van der Waals surface area contributed by atoms with Gasteiger partial charge in [0.25, 0.3) is 0 Å². The van der Waals surface area contributed by atoms with E-state index in [-0.39, 0.29) is 37.5 Å². The van der Waals surface area contributed by atoms with Gasteiger partial charge in [-0.25, -0.2) is 0 Å². The molecule has 0 rings (SSSR count). The number of allylic oxidation sites excluding steroid dienone is 16. The number of ether oxygens (including phenoxy) is 3. The highest BCUT2D eigenvalue weighted by molar-refractivity contribution is 5.71. The molecule has 0 aliphatic carbocycles. The fraction of sp³-hybridized carbons (Fsp3) is 0.667. The minimum Gasteiger partial charge on any atom is -0.462 e. The lowest BCUT2D eigenvalue weighted by Crippen LogP contribution is -2.30. The maximum Gasteiger partial charge on any atom is 0.306 e. The Morgan fingerprint density at radius 2 is 0.667 bits per heavy atom. The lowest BCUT2D eigenvalue weighted by atomic mass is 10.1. The van der Waals surface area contributed by atoms with E-state index < -0.39 is 6.10 Å². The Morgan fingerprint density at radius 3 is 1.17 bits per heavy atom. The van der Waals surface area contributed by atoms with Crippen LogP contribution in [0.4, 0.5) is 0 Å². The third kappa shape index (κ3) is 49.2. The summed E-state index contributed by atoms with van der Waals surface area (Å²) in [5.74, 6) is -1.01. The molecule has 63 heavy (non-hydrogen) atoms. The van der Waals surface area contributed by atoms with Crippen LogP contribution in [0.3, 0.4) is 0 Å². The first-order valence-corrected chi connectivity index (χ1v) is 25.8. The van der Waals surface area contributed by atoms with Gasteiger partial charge in [0.05, 0.1) is 0 Å². The third-order valence-electron chi connectivity index (χ3n) is 10.6. The molecule has 1 unspecified atom stereocenters. The van der Waals surface area contributed by atoms with E-state index in [9.17, 15) is 14.4 Å². The summed E-state index contributed by atoms with van der Waals surface area (Å²) in [6.07, 6.45) is 66.8. The molecular formula is C57H94O6. The Bertz CT molecular complexity index is 1280. The van der Waals surface area contributed by atoms with Gasteiger partial charge < -0.3 is 14.2 Å². The van der Waals surface area contributed by atoms with Crippen LogP contribution in [0.5, 0.6) is 0 Å². The molecule has 6 heteroatoms. The second-order valence-corrected chi connectivity index (χ2v) is 16.8. The zero-order valence-electron chi connectivity index (χ0n) is 40.8. The first-order chi connectivity index (χ1) is 31.0. The van der Waals surface area contributed by atoms with E-state index in [1.54, 1.807) is 0 Å². The summed E-state index contributed by atoms with van der Waals surface area (Å²) in [6.45, 7) is 6.46. The van der Waals surface area contributed by atoms with E-state index in [1.165, 1.54) is 77.0 Å². The number of carbonyl (C=O) groups excluding carboxylic acids is 3. The van der Waals surface area contributed by atoms with Gasteiger partial charge in [0, 0.05) is 19.3 Å². The van der Waals surface area contributed by atoms with E-state index in [1.807, 2.05) is 0 Å². The monoisotopic (exact) mass is 875 g/mol. The van der Waals surface area contributed by atoms with Crippen LogP contribution >= 0.6 is 0 Å². The van der Waals surface area contributed by atoms with Crippen LogP contribution in [0, 0.1) is 0 Å². The Labute approximate surface area is 387 Å². The summed E-state index contributed by atoms with van der Waals surface area (Å²) < 4.78 is 16.7. The molecule has 0 saturated heterocycles. The summed E-state index contributed by atoms with van der Waals surface area (Å²) in [5.41, 5.74) is 0. The number of carbonyl (C=O) groups is 3. The largest absolute Gasteiger partial charge is 0.462 e.